The highest BCUT2D eigenvalue weighted by atomic mass is 16.5. The van der Waals surface area contributed by atoms with E-state index in [1.807, 2.05) is 96.4 Å². The van der Waals surface area contributed by atoms with Crippen molar-refractivity contribution < 1.29 is 14.3 Å². The molecule has 3 aromatic carbocycles. The molecule has 0 N–H and O–H groups in total. The molecule has 1 saturated heterocycles. The zero-order valence-corrected chi connectivity index (χ0v) is 20.6. The average molecular weight is 469 g/mol. The summed E-state index contributed by atoms with van der Waals surface area (Å²) in [5.41, 5.74) is 3.11. The van der Waals surface area contributed by atoms with Crippen molar-refractivity contribution in [3.8, 4) is 0 Å². The quantitative estimate of drug-likeness (QED) is 0.525. The van der Waals surface area contributed by atoms with Gasteiger partial charge in [-0.05, 0) is 36.1 Å². The maximum atomic E-state index is 14.6. The van der Waals surface area contributed by atoms with Crippen LogP contribution in [0.15, 0.2) is 84.9 Å². The van der Waals surface area contributed by atoms with Crippen molar-refractivity contribution in [1.29, 1.82) is 0 Å². The first-order chi connectivity index (χ1) is 17.0. The predicted molar refractivity (Wildman–Crippen MR) is 136 cm³/mol. The fourth-order valence-electron chi connectivity index (χ4n) is 5.98. The molecular weight excluding hydrogens is 436 g/mol. The zero-order valence-electron chi connectivity index (χ0n) is 20.6. The van der Waals surface area contributed by atoms with Gasteiger partial charge in [-0.15, -0.1) is 0 Å². The minimum atomic E-state index is -1.14. The fourth-order valence-corrected chi connectivity index (χ4v) is 5.98. The first kappa shape index (κ1) is 23.3. The number of carbonyl (C=O) groups excluding carboxylic acids is 2. The first-order valence-corrected chi connectivity index (χ1v) is 12.3. The monoisotopic (exact) mass is 468 g/mol. The van der Waals surface area contributed by atoms with Crippen molar-refractivity contribution in [2.75, 3.05) is 13.7 Å². The number of ether oxygens (including phenoxy) is 1. The molecule has 3 aliphatic rings. The Balaban J connectivity index is 1.71. The van der Waals surface area contributed by atoms with E-state index in [0.717, 1.165) is 22.3 Å². The van der Waals surface area contributed by atoms with Crippen LogP contribution in [-0.2, 0) is 27.2 Å². The SMILES string of the molecule is COC[C@@]12Cc3ccccc3C[C@@H](C(=O)N1[C@@H](C)c1ccccc1)N([C@@H](C)c1ccccc1)C2=O. The van der Waals surface area contributed by atoms with Gasteiger partial charge in [0.1, 0.15) is 11.6 Å². The molecule has 0 saturated carbocycles. The van der Waals surface area contributed by atoms with Crippen LogP contribution in [0.5, 0.6) is 0 Å². The summed E-state index contributed by atoms with van der Waals surface area (Å²) in [5, 5.41) is 0. The van der Waals surface area contributed by atoms with E-state index in [9.17, 15) is 9.59 Å². The van der Waals surface area contributed by atoms with Crippen molar-refractivity contribution >= 4 is 11.8 Å². The number of carbonyl (C=O) groups is 2. The van der Waals surface area contributed by atoms with Gasteiger partial charge in [-0.3, -0.25) is 9.59 Å². The number of rotatable bonds is 6. The van der Waals surface area contributed by atoms with Gasteiger partial charge in [-0.25, -0.2) is 0 Å². The Bertz CT molecular complexity index is 1210. The second-order valence-corrected chi connectivity index (χ2v) is 9.72. The Labute approximate surface area is 207 Å². The average Bonchev–Trinajstić information content (AvgIpc) is 2.88. The van der Waals surface area contributed by atoms with Crippen LogP contribution in [0.2, 0.25) is 0 Å². The summed E-state index contributed by atoms with van der Waals surface area (Å²) < 4.78 is 5.74. The largest absolute Gasteiger partial charge is 0.382 e. The lowest BCUT2D eigenvalue weighted by molar-refractivity contribution is -0.182. The van der Waals surface area contributed by atoms with E-state index in [4.69, 9.17) is 4.74 Å². The molecule has 5 nitrogen and oxygen atoms in total. The molecule has 4 atom stereocenters. The summed E-state index contributed by atoms with van der Waals surface area (Å²) in [7, 11) is 1.61. The normalized spacial score (nSPS) is 23.5. The summed E-state index contributed by atoms with van der Waals surface area (Å²) in [6.07, 6.45) is 0.919. The number of hydrogen-bond acceptors (Lipinski definition) is 3. The highest BCUT2D eigenvalue weighted by molar-refractivity contribution is 6.01. The minimum Gasteiger partial charge on any atom is -0.382 e. The number of benzene rings is 3. The minimum absolute atomic E-state index is 0.0183. The van der Waals surface area contributed by atoms with Crippen LogP contribution < -0.4 is 0 Å². The van der Waals surface area contributed by atoms with E-state index in [1.54, 1.807) is 7.11 Å². The number of amides is 2. The van der Waals surface area contributed by atoms with Gasteiger partial charge in [-0.2, -0.15) is 0 Å². The standard InChI is InChI=1S/C30H32N2O3/c1-21(23-12-6-4-7-13-23)31-27-18-25-16-10-11-17-26(25)19-30(20-35-3,29(31)34)32(28(27)33)22(2)24-14-8-5-9-15-24/h4-17,21-22,27H,18-20H2,1-3H3/t21-,22-,27-,30+/m0/s1. The van der Waals surface area contributed by atoms with Crippen LogP contribution in [0.3, 0.4) is 0 Å². The van der Waals surface area contributed by atoms with Crippen LogP contribution in [0.1, 0.15) is 48.2 Å². The fraction of sp³-hybridized carbons (Fsp3) is 0.333. The Kier molecular flexibility index (Phi) is 6.20. The summed E-state index contributed by atoms with van der Waals surface area (Å²) >= 11 is 0. The summed E-state index contributed by atoms with van der Waals surface area (Å²) in [5.74, 6) is -0.0622. The molecule has 180 valence electrons. The zero-order chi connectivity index (χ0) is 24.6. The molecule has 0 unspecified atom stereocenters. The Morgan fingerprint density at radius 3 is 1.97 bits per heavy atom. The van der Waals surface area contributed by atoms with Crippen LogP contribution in [0.25, 0.3) is 0 Å². The van der Waals surface area contributed by atoms with Gasteiger partial charge >= 0.3 is 0 Å². The van der Waals surface area contributed by atoms with Gasteiger partial charge in [-0.1, -0.05) is 84.9 Å². The maximum absolute atomic E-state index is 14.6. The van der Waals surface area contributed by atoms with E-state index in [-0.39, 0.29) is 30.5 Å². The van der Waals surface area contributed by atoms with E-state index in [1.165, 1.54) is 0 Å². The molecule has 2 amide bonds. The Morgan fingerprint density at radius 2 is 1.37 bits per heavy atom. The van der Waals surface area contributed by atoms with Crippen LogP contribution >= 0.6 is 0 Å². The smallest absolute Gasteiger partial charge is 0.252 e. The summed E-state index contributed by atoms with van der Waals surface area (Å²) in [6.45, 7) is 4.18. The van der Waals surface area contributed by atoms with Crippen LogP contribution in [0, 0.1) is 0 Å². The number of methoxy groups -OCH3 is 1. The third kappa shape index (κ3) is 3.84. The molecule has 0 aromatic heterocycles. The van der Waals surface area contributed by atoms with Gasteiger partial charge in [0.2, 0.25) is 5.91 Å². The molecule has 1 fully saturated rings. The number of hydrogen-bond donors (Lipinski definition) is 0. The van der Waals surface area contributed by atoms with E-state index in [2.05, 4.69) is 12.1 Å². The topological polar surface area (TPSA) is 49.9 Å². The van der Waals surface area contributed by atoms with Gasteiger partial charge < -0.3 is 14.5 Å². The molecule has 6 rings (SSSR count). The van der Waals surface area contributed by atoms with Crippen LogP contribution in [-0.4, -0.2) is 46.9 Å². The summed E-state index contributed by atoms with van der Waals surface area (Å²) in [4.78, 5) is 32.7. The Hall–Kier alpha value is -3.44. The van der Waals surface area contributed by atoms with E-state index >= 15 is 0 Å². The van der Waals surface area contributed by atoms with Gasteiger partial charge in [0, 0.05) is 20.0 Å². The molecule has 0 aliphatic carbocycles. The molecule has 5 heteroatoms. The molecule has 35 heavy (non-hydrogen) atoms. The summed E-state index contributed by atoms with van der Waals surface area (Å²) in [6, 6.07) is 27.0. The number of fused-ring (bicyclic) bond motifs is 2. The van der Waals surface area contributed by atoms with Gasteiger partial charge in [0.15, 0.2) is 0 Å². The van der Waals surface area contributed by atoms with Gasteiger partial charge in [0.05, 0.1) is 18.7 Å². The third-order valence-electron chi connectivity index (χ3n) is 7.72. The Morgan fingerprint density at radius 1 is 0.829 bits per heavy atom. The lowest BCUT2D eigenvalue weighted by Gasteiger charge is -2.57. The molecule has 0 spiro atoms. The van der Waals surface area contributed by atoms with Crippen molar-refractivity contribution in [2.24, 2.45) is 0 Å². The highest BCUT2D eigenvalue weighted by Crippen LogP contribution is 2.43. The van der Waals surface area contributed by atoms with Crippen molar-refractivity contribution in [3.63, 3.8) is 0 Å². The molecule has 3 heterocycles. The number of nitrogens with zero attached hydrogens (tertiary/aromatic N) is 2. The lowest BCUT2D eigenvalue weighted by Crippen LogP contribution is -2.75. The second-order valence-electron chi connectivity index (χ2n) is 9.72. The first-order valence-electron chi connectivity index (χ1n) is 12.3. The molecule has 0 radical (unpaired) electrons. The lowest BCUT2D eigenvalue weighted by atomic mass is 9.76. The second kappa shape index (κ2) is 9.31. The van der Waals surface area contributed by atoms with E-state index < -0.39 is 11.6 Å². The van der Waals surface area contributed by atoms with Crippen molar-refractivity contribution in [1.82, 2.24) is 9.80 Å². The van der Waals surface area contributed by atoms with Crippen LogP contribution in [0.4, 0.5) is 0 Å². The molecule has 2 bridgehead atoms. The predicted octanol–water partition coefficient (Wildman–Crippen LogP) is 4.73. The van der Waals surface area contributed by atoms with Gasteiger partial charge in [0.25, 0.3) is 5.91 Å². The van der Waals surface area contributed by atoms with E-state index in [0.29, 0.717) is 12.8 Å². The third-order valence-corrected chi connectivity index (χ3v) is 7.72. The van der Waals surface area contributed by atoms with Crippen molar-refractivity contribution in [3.05, 3.63) is 107 Å². The highest BCUT2D eigenvalue weighted by Gasteiger charge is 2.60. The molecular formula is C30H32N2O3. The molecule has 3 aliphatic heterocycles. The number of piperazine rings is 1. The van der Waals surface area contributed by atoms with Crippen molar-refractivity contribution in [2.45, 2.75) is 50.4 Å². The maximum Gasteiger partial charge on any atom is 0.252 e. The molecule has 3 aromatic rings.